The number of halogens is 1. The number of carbonyl (C=O) groups is 2. The number of amides is 2. The number of hydrogen-bond acceptors (Lipinski definition) is 3. The molecule has 0 bridgehead atoms. The predicted octanol–water partition coefficient (Wildman–Crippen LogP) is 4.97. The van der Waals surface area contributed by atoms with E-state index in [1.807, 2.05) is 49.4 Å². The van der Waals surface area contributed by atoms with E-state index < -0.39 is 11.8 Å². The summed E-state index contributed by atoms with van der Waals surface area (Å²) >= 11 is 5.92. The van der Waals surface area contributed by atoms with Crippen molar-refractivity contribution >= 4 is 46.2 Å². The Kier molecular flexibility index (Phi) is 5.74. The van der Waals surface area contributed by atoms with Crippen LogP contribution in [-0.4, -0.2) is 11.8 Å². The zero-order valence-corrected chi connectivity index (χ0v) is 15.4. The topological polar surface area (TPSA) is 70.2 Å². The van der Waals surface area contributed by atoms with Crippen LogP contribution in [0, 0.1) is 6.92 Å². The summed E-state index contributed by atoms with van der Waals surface area (Å²) in [7, 11) is 0. The van der Waals surface area contributed by atoms with Gasteiger partial charge in [-0.15, -0.1) is 0 Å². The monoisotopic (exact) mass is 379 g/mol. The van der Waals surface area contributed by atoms with Crippen molar-refractivity contribution in [3.8, 4) is 0 Å². The van der Waals surface area contributed by atoms with Gasteiger partial charge < -0.3 is 16.0 Å². The average molecular weight is 380 g/mol. The number of para-hydroxylation sites is 1. The lowest BCUT2D eigenvalue weighted by molar-refractivity contribution is -0.133. The second-order valence-electron chi connectivity index (χ2n) is 5.94. The molecule has 0 aromatic heterocycles. The van der Waals surface area contributed by atoms with E-state index in [0.29, 0.717) is 16.4 Å². The summed E-state index contributed by atoms with van der Waals surface area (Å²) in [6.07, 6.45) is 0. The average Bonchev–Trinajstić information content (AvgIpc) is 2.67. The summed E-state index contributed by atoms with van der Waals surface area (Å²) in [6, 6.07) is 21.9. The number of hydrogen-bond donors (Lipinski definition) is 3. The Labute approximate surface area is 162 Å². The molecule has 2 amide bonds. The molecule has 3 N–H and O–H groups in total. The first-order valence-corrected chi connectivity index (χ1v) is 8.70. The standard InChI is InChI=1S/C21H18ClN3O2/c1-14-7-8-15(22)13-19(14)25-21(27)20(26)24-18-11-9-17(10-12-18)23-16-5-3-2-4-6-16/h2-13,23H,1H3,(H,24,26)(H,25,27). The molecule has 0 radical (unpaired) electrons. The van der Waals surface area contributed by atoms with Crippen molar-refractivity contribution in [2.45, 2.75) is 6.92 Å². The normalized spacial score (nSPS) is 10.1. The van der Waals surface area contributed by atoms with Crippen molar-refractivity contribution in [2.24, 2.45) is 0 Å². The van der Waals surface area contributed by atoms with E-state index >= 15 is 0 Å². The molecule has 6 heteroatoms. The molecule has 0 fully saturated rings. The summed E-state index contributed by atoms with van der Waals surface area (Å²) in [4.78, 5) is 24.2. The second kappa shape index (κ2) is 8.38. The van der Waals surface area contributed by atoms with Crippen molar-refractivity contribution in [1.29, 1.82) is 0 Å². The fourth-order valence-corrected chi connectivity index (χ4v) is 2.59. The van der Waals surface area contributed by atoms with Crippen LogP contribution in [0.5, 0.6) is 0 Å². The van der Waals surface area contributed by atoms with Crippen LogP contribution < -0.4 is 16.0 Å². The van der Waals surface area contributed by atoms with E-state index in [-0.39, 0.29) is 0 Å². The SMILES string of the molecule is Cc1ccc(Cl)cc1NC(=O)C(=O)Nc1ccc(Nc2ccccc2)cc1. The Balaban J connectivity index is 1.60. The largest absolute Gasteiger partial charge is 0.356 e. The minimum atomic E-state index is -0.758. The lowest BCUT2D eigenvalue weighted by Gasteiger charge is -2.10. The highest BCUT2D eigenvalue weighted by molar-refractivity contribution is 6.43. The highest BCUT2D eigenvalue weighted by Gasteiger charge is 2.15. The van der Waals surface area contributed by atoms with Gasteiger partial charge in [0, 0.05) is 27.8 Å². The first-order valence-electron chi connectivity index (χ1n) is 8.32. The molecule has 136 valence electrons. The maximum atomic E-state index is 12.1. The van der Waals surface area contributed by atoms with Crippen LogP contribution >= 0.6 is 11.6 Å². The fourth-order valence-electron chi connectivity index (χ4n) is 2.42. The van der Waals surface area contributed by atoms with Crippen LogP contribution in [0.25, 0.3) is 0 Å². The number of anilines is 4. The van der Waals surface area contributed by atoms with Gasteiger partial charge in [-0.25, -0.2) is 0 Å². The molecule has 3 rings (SSSR count). The van der Waals surface area contributed by atoms with Gasteiger partial charge in [-0.05, 0) is 61.0 Å². The maximum absolute atomic E-state index is 12.1. The number of aryl methyl sites for hydroxylation is 1. The molecule has 0 atom stereocenters. The summed E-state index contributed by atoms with van der Waals surface area (Å²) in [5.41, 5.74) is 3.68. The first-order chi connectivity index (χ1) is 13.0. The third kappa shape index (κ3) is 5.09. The number of benzene rings is 3. The van der Waals surface area contributed by atoms with Gasteiger partial charge in [0.25, 0.3) is 0 Å². The Bertz CT molecular complexity index is 957. The van der Waals surface area contributed by atoms with E-state index in [9.17, 15) is 9.59 Å². The summed E-state index contributed by atoms with van der Waals surface area (Å²) in [5.74, 6) is -1.51. The maximum Gasteiger partial charge on any atom is 0.314 e. The molecular weight excluding hydrogens is 362 g/mol. The molecule has 0 unspecified atom stereocenters. The van der Waals surface area contributed by atoms with Gasteiger partial charge in [-0.1, -0.05) is 35.9 Å². The second-order valence-corrected chi connectivity index (χ2v) is 6.37. The van der Waals surface area contributed by atoms with Crippen molar-refractivity contribution in [3.63, 3.8) is 0 Å². The summed E-state index contributed by atoms with van der Waals surface area (Å²) in [6.45, 7) is 1.82. The van der Waals surface area contributed by atoms with Crippen molar-refractivity contribution in [2.75, 3.05) is 16.0 Å². The summed E-state index contributed by atoms with van der Waals surface area (Å²) < 4.78 is 0. The Morgan fingerprint density at radius 3 is 2.04 bits per heavy atom. The molecule has 5 nitrogen and oxygen atoms in total. The molecule has 0 aliphatic heterocycles. The van der Waals surface area contributed by atoms with Gasteiger partial charge in [-0.2, -0.15) is 0 Å². The molecule has 27 heavy (non-hydrogen) atoms. The van der Waals surface area contributed by atoms with Crippen molar-refractivity contribution < 1.29 is 9.59 Å². The first kappa shape index (κ1) is 18.5. The molecule has 0 saturated heterocycles. The zero-order valence-electron chi connectivity index (χ0n) is 14.6. The number of carbonyl (C=O) groups excluding carboxylic acids is 2. The van der Waals surface area contributed by atoms with E-state index in [2.05, 4.69) is 16.0 Å². The highest BCUT2D eigenvalue weighted by Crippen LogP contribution is 2.21. The van der Waals surface area contributed by atoms with Crippen LogP contribution in [-0.2, 0) is 9.59 Å². The highest BCUT2D eigenvalue weighted by atomic mass is 35.5. The van der Waals surface area contributed by atoms with Crippen LogP contribution in [0.15, 0.2) is 72.8 Å². The molecule has 3 aromatic rings. The lowest BCUT2D eigenvalue weighted by atomic mass is 10.2. The van der Waals surface area contributed by atoms with Gasteiger partial charge in [0.2, 0.25) is 0 Å². The number of rotatable bonds is 4. The van der Waals surface area contributed by atoms with Gasteiger partial charge in [0.1, 0.15) is 0 Å². The molecule has 0 heterocycles. The van der Waals surface area contributed by atoms with E-state index in [1.165, 1.54) is 0 Å². The molecular formula is C21H18ClN3O2. The lowest BCUT2D eigenvalue weighted by Crippen LogP contribution is -2.29. The van der Waals surface area contributed by atoms with Gasteiger partial charge >= 0.3 is 11.8 Å². The third-order valence-electron chi connectivity index (χ3n) is 3.86. The minimum Gasteiger partial charge on any atom is -0.356 e. The van der Waals surface area contributed by atoms with Crippen molar-refractivity contribution in [3.05, 3.63) is 83.4 Å². The molecule has 0 aliphatic carbocycles. The quantitative estimate of drug-likeness (QED) is 0.560. The van der Waals surface area contributed by atoms with Crippen LogP contribution in [0.1, 0.15) is 5.56 Å². The summed E-state index contributed by atoms with van der Waals surface area (Å²) in [5, 5.41) is 8.87. The smallest absolute Gasteiger partial charge is 0.314 e. The predicted molar refractivity (Wildman–Crippen MR) is 110 cm³/mol. The van der Waals surface area contributed by atoms with E-state index in [1.54, 1.807) is 30.3 Å². The molecule has 0 saturated carbocycles. The minimum absolute atomic E-state index is 0.484. The molecule has 0 spiro atoms. The van der Waals surface area contributed by atoms with E-state index in [0.717, 1.165) is 16.9 Å². The number of nitrogens with one attached hydrogen (secondary N) is 3. The fraction of sp³-hybridized carbons (Fsp3) is 0.0476. The Hall–Kier alpha value is -3.31. The molecule has 3 aromatic carbocycles. The zero-order chi connectivity index (χ0) is 19.2. The molecule has 0 aliphatic rings. The van der Waals surface area contributed by atoms with Crippen LogP contribution in [0.3, 0.4) is 0 Å². The van der Waals surface area contributed by atoms with Gasteiger partial charge in [-0.3, -0.25) is 9.59 Å². The van der Waals surface area contributed by atoms with Gasteiger partial charge in [0.15, 0.2) is 0 Å². The third-order valence-corrected chi connectivity index (χ3v) is 4.09. The van der Waals surface area contributed by atoms with E-state index in [4.69, 9.17) is 11.6 Å². The Morgan fingerprint density at radius 1 is 0.741 bits per heavy atom. The van der Waals surface area contributed by atoms with Crippen LogP contribution in [0.4, 0.5) is 22.7 Å². The van der Waals surface area contributed by atoms with Gasteiger partial charge in [0.05, 0.1) is 0 Å². The van der Waals surface area contributed by atoms with Crippen LogP contribution in [0.2, 0.25) is 5.02 Å². The van der Waals surface area contributed by atoms with Crippen molar-refractivity contribution in [1.82, 2.24) is 0 Å². The Morgan fingerprint density at radius 2 is 1.33 bits per heavy atom.